The van der Waals surface area contributed by atoms with E-state index < -0.39 is 0 Å². The Morgan fingerprint density at radius 3 is 2.21 bits per heavy atom. The van der Waals surface area contributed by atoms with Gasteiger partial charge in [0, 0.05) is 22.2 Å². The van der Waals surface area contributed by atoms with Crippen molar-refractivity contribution in [3.63, 3.8) is 0 Å². The van der Waals surface area contributed by atoms with Crippen LogP contribution in [0.3, 0.4) is 0 Å². The predicted octanol–water partition coefficient (Wildman–Crippen LogP) is 6.28. The Bertz CT molecular complexity index is 954. The Labute approximate surface area is 206 Å². The largest absolute Gasteiger partial charge is 0.462 e. The fourth-order valence-electron chi connectivity index (χ4n) is 3.81. The Morgan fingerprint density at radius 1 is 0.941 bits per heavy atom. The van der Waals surface area contributed by atoms with Crippen molar-refractivity contribution < 1.29 is 19.1 Å². The Morgan fingerprint density at radius 2 is 1.56 bits per heavy atom. The number of anilines is 2. The highest BCUT2D eigenvalue weighted by Crippen LogP contribution is 2.28. The molecule has 1 aliphatic rings. The van der Waals surface area contributed by atoms with E-state index in [1.807, 2.05) is 38.1 Å². The Balaban J connectivity index is 1.46. The van der Waals surface area contributed by atoms with E-state index in [1.165, 1.54) is 18.2 Å². The molecule has 1 fully saturated rings. The van der Waals surface area contributed by atoms with Crippen LogP contribution in [-0.4, -0.2) is 29.6 Å². The molecule has 3 rings (SSSR count). The minimum atomic E-state index is -0.353. The second-order valence-corrected chi connectivity index (χ2v) is 10.1. The molecule has 0 spiro atoms. The molecule has 0 aliphatic heterocycles. The van der Waals surface area contributed by atoms with E-state index in [0.29, 0.717) is 17.9 Å². The molecule has 182 valence electrons. The first-order chi connectivity index (χ1) is 16.5. The molecular weight excluding hydrogens is 448 g/mol. The van der Waals surface area contributed by atoms with E-state index >= 15 is 0 Å². The van der Waals surface area contributed by atoms with Crippen LogP contribution in [0.4, 0.5) is 11.4 Å². The van der Waals surface area contributed by atoms with Gasteiger partial charge in [-0.05, 0) is 74.7 Å². The molecule has 2 aromatic rings. The normalized spacial score (nSPS) is 14.8. The second kappa shape index (κ2) is 13.2. The number of unbranched alkanes of at least 4 members (excludes halogenated alkanes) is 1. The maximum absolute atomic E-state index is 12.6. The number of carbonyl (C=O) groups is 3. The summed E-state index contributed by atoms with van der Waals surface area (Å²) in [6.07, 6.45) is 7.23. The van der Waals surface area contributed by atoms with Crippen molar-refractivity contribution in [3.8, 4) is 0 Å². The minimum Gasteiger partial charge on any atom is -0.462 e. The zero-order chi connectivity index (χ0) is 24.3. The summed E-state index contributed by atoms with van der Waals surface area (Å²) >= 11 is 1.45. The number of nitrogens with one attached hydrogen (secondary N) is 2. The number of hydrogen-bond acceptors (Lipinski definition) is 5. The van der Waals surface area contributed by atoms with E-state index in [9.17, 15) is 14.4 Å². The van der Waals surface area contributed by atoms with Crippen LogP contribution in [0.2, 0.25) is 0 Å². The number of rotatable bonds is 10. The van der Waals surface area contributed by atoms with Crippen LogP contribution >= 0.6 is 11.8 Å². The summed E-state index contributed by atoms with van der Waals surface area (Å²) in [6.45, 7) is 4.30. The lowest BCUT2D eigenvalue weighted by Gasteiger charge is -2.20. The average molecular weight is 483 g/mol. The molecule has 0 heterocycles. The molecule has 34 heavy (non-hydrogen) atoms. The van der Waals surface area contributed by atoms with Gasteiger partial charge in [-0.3, -0.25) is 9.59 Å². The lowest BCUT2D eigenvalue weighted by atomic mass is 9.88. The Hall–Kier alpha value is -2.80. The number of benzene rings is 2. The molecule has 1 unspecified atom stereocenters. The molecule has 0 saturated heterocycles. The standard InChI is InChI=1S/C27H34N2O4S/c1-3-4-18-33-27(32)21-10-12-22(13-11-21)28-25(30)19(2)34-24-16-14-23(15-17-24)29-26(31)20-8-6-5-7-9-20/h10-17,19-20H,3-9,18H2,1-2H3,(H,28,30)(H,29,31). The lowest BCUT2D eigenvalue weighted by molar-refractivity contribution is -0.120. The van der Waals surface area contributed by atoms with E-state index in [-0.39, 0.29) is 29.0 Å². The molecule has 0 bridgehead atoms. The van der Waals surface area contributed by atoms with Crippen LogP contribution in [0.5, 0.6) is 0 Å². The molecule has 2 aromatic carbocycles. The second-order valence-electron chi connectivity index (χ2n) is 8.66. The van der Waals surface area contributed by atoms with Gasteiger partial charge in [-0.25, -0.2) is 4.79 Å². The highest BCUT2D eigenvalue weighted by molar-refractivity contribution is 8.00. The number of amides is 2. The summed E-state index contributed by atoms with van der Waals surface area (Å²) in [4.78, 5) is 38.0. The molecular formula is C27H34N2O4S. The highest BCUT2D eigenvalue weighted by Gasteiger charge is 2.21. The summed E-state index contributed by atoms with van der Waals surface area (Å²) in [5, 5.41) is 5.58. The summed E-state index contributed by atoms with van der Waals surface area (Å²) in [5.41, 5.74) is 1.88. The summed E-state index contributed by atoms with van der Waals surface area (Å²) in [6, 6.07) is 14.3. The number of carbonyl (C=O) groups excluding carboxylic acids is 3. The van der Waals surface area contributed by atoms with Crippen molar-refractivity contribution in [1.29, 1.82) is 0 Å². The van der Waals surface area contributed by atoms with E-state index in [2.05, 4.69) is 10.6 Å². The fourth-order valence-corrected chi connectivity index (χ4v) is 4.68. The van der Waals surface area contributed by atoms with Crippen molar-refractivity contribution in [2.75, 3.05) is 17.2 Å². The van der Waals surface area contributed by atoms with Crippen LogP contribution in [-0.2, 0) is 14.3 Å². The molecule has 1 atom stereocenters. The minimum absolute atomic E-state index is 0.105. The number of esters is 1. The number of thioether (sulfide) groups is 1. The van der Waals surface area contributed by atoms with Gasteiger partial charge in [0.05, 0.1) is 17.4 Å². The van der Waals surface area contributed by atoms with Gasteiger partial charge in [0.1, 0.15) is 0 Å². The molecule has 7 heteroatoms. The quantitative estimate of drug-likeness (QED) is 0.236. The van der Waals surface area contributed by atoms with Crippen LogP contribution in [0.1, 0.15) is 69.2 Å². The third-order valence-electron chi connectivity index (χ3n) is 5.90. The number of ether oxygens (including phenoxy) is 1. The highest BCUT2D eigenvalue weighted by atomic mass is 32.2. The third-order valence-corrected chi connectivity index (χ3v) is 7.01. The summed E-state index contributed by atoms with van der Waals surface area (Å²) < 4.78 is 5.20. The van der Waals surface area contributed by atoms with Gasteiger partial charge in [0.15, 0.2) is 0 Å². The zero-order valence-corrected chi connectivity index (χ0v) is 20.8. The van der Waals surface area contributed by atoms with Gasteiger partial charge in [-0.2, -0.15) is 0 Å². The third kappa shape index (κ3) is 7.90. The van der Waals surface area contributed by atoms with E-state index in [1.54, 1.807) is 24.3 Å². The van der Waals surface area contributed by atoms with Gasteiger partial charge >= 0.3 is 5.97 Å². The molecule has 0 aromatic heterocycles. The first-order valence-electron chi connectivity index (χ1n) is 12.1. The molecule has 6 nitrogen and oxygen atoms in total. The van der Waals surface area contributed by atoms with Gasteiger partial charge in [0.2, 0.25) is 11.8 Å². The zero-order valence-electron chi connectivity index (χ0n) is 20.0. The van der Waals surface area contributed by atoms with Gasteiger partial charge in [-0.1, -0.05) is 32.6 Å². The van der Waals surface area contributed by atoms with Crippen molar-refractivity contribution in [1.82, 2.24) is 0 Å². The lowest BCUT2D eigenvalue weighted by Crippen LogP contribution is -2.24. The Kier molecular flexibility index (Phi) is 10.0. The van der Waals surface area contributed by atoms with Crippen molar-refractivity contribution in [3.05, 3.63) is 54.1 Å². The maximum atomic E-state index is 12.6. The SMILES string of the molecule is CCCCOC(=O)c1ccc(NC(=O)C(C)Sc2ccc(NC(=O)C3CCCCC3)cc2)cc1. The van der Waals surface area contributed by atoms with Crippen LogP contribution < -0.4 is 10.6 Å². The average Bonchev–Trinajstić information content (AvgIpc) is 2.86. The monoisotopic (exact) mass is 482 g/mol. The molecule has 1 aliphatic carbocycles. The van der Waals surface area contributed by atoms with Crippen LogP contribution in [0, 0.1) is 5.92 Å². The summed E-state index contributed by atoms with van der Waals surface area (Å²) in [5.74, 6) is -0.257. The van der Waals surface area contributed by atoms with Crippen LogP contribution in [0.15, 0.2) is 53.4 Å². The first kappa shape index (κ1) is 25.8. The van der Waals surface area contributed by atoms with Crippen molar-refractivity contribution >= 4 is 40.9 Å². The summed E-state index contributed by atoms with van der Waals surface area (Å²) in [7, 11) is 0. The first-order valence-corrected chi connectivity index (χ1v) is 13.0. The molecule has 2 amide bonds. The smallest absolute Gasteiger partial charge is 0.338 e. The molecule has 2 N–H and O–H groups in total. The van der Waals surface area contributed by atoms with Crippen molar-refractivity contribution in [2.45, 2.75) is 68.9 Å². The number of hydrogen-bond donors (Lipinski definition) is 2. The van der Waals surface area contributed by atoms with Gasteiger partial charge in [0.25, 0.3) is 0 Å². The maximum Gasteiger partial charge on any atom is 0.338 e. The van der Waals surface area contributed by atoms with Crippen molar-refractivity contribution in [2.24, 2.45) is 5.92 Å². The van der Waals surface area contributed by atoms with E-state index in [0.717, 1.165) is 49.1 Å². The van der Waals surface area contributed by atoms with Gasteiger partial charge in [-0.15, -0.1) is 11.8 Å². The molecule has 1 saturated carbocycles. The van der Waals surface area contributed by atoms with E-state index in [4.69, 9.17) is 4.74 Å². The van der Waals surface area contributed by atoms with Gasteiger partial charge < -0.3 is 15.4 Å². The fraction of sp³-hybridized carbons (Fsp3) is 0.444. The molecule has 0 radical (unpaired) electrons. The predicted molar refractivity (Wildman–Crippen MR) is 137 cm³/mol. The topological polar surface area (TPSA) is 84.5 Å². The van der Waals surface area contributed by atoms with Crippen LogP contribution in [0.25, 0.3) is 0 Å².